The lowest BCUT2D eigenvalue weighted by Crippen LogP contribution is -2.36. The topological polar surface area (TPSA) is 228 Å². The Morgan fingerprint density at radius 1 is 0.478 bits per heavy atom. The van der Waals surface area contributed by atoms with Gasteiger partial charge in [0.2, 0.25) is 0 Å². The fourth-order valence-electron chi connectivity index (χ4n) is 6.30. The lowest BCUT2D eigenvalue weighted by Gasteiger charge is -2.29. The van der Waals surface area contributed by atoms with Crippen molar-refractivity contribution in [3.05, 3.63) is 67.3 Å². The third kappa shape index (κ3) is 8.17. The van der Waals surface area contributed by atoms with Gasteiger partial charge in [0.25, 0.3) is 35.0 Å². The van der Waals surface area contributed by atoms with Gasteiger partial charge in [-0.15, -0.1) is 0 Å². The van der Waals surface area contributed by atoms with E-state index in [1.165, 1.54) is 0 Å². The average molecular weight is 637 g/mol. The van der Waals surface area contributed by atoms with Crippen LogP contribution in [0.3, 0.4) is 0 Å². The largest absolute Gasteiger partial charge is 0.350 e. The zero-order chi connectivity index (χ0) is 32.8. The molecule has 2 aromatic rings. The van der Waals surface area contributed by atoms with Gasteiger partial charge >= 0.3 is 0 Å². The summed E-state index contributed by atoms with van der Waals surface area (Å²) in [4.78, 5) is 81.8. The second-order valence-corrected chi connectivity index (χ2v) is 12.3. The lowest BCUT2D eigenvalue weighted by molar-refractivity contribution is -0.385. The maximum absolute atomic E-state index is 12.9. The molecule has 2 fully saturated rings. The van der Waals surface area contributed by atoms with E-state index in [1.807, 2.05) is 0 Å². The Balaban J connectivity index is 1.33. The minimum absolute atomic E-state index is 0.130. The van der Waals surface area contributed by atoms with E-state index in [4.69, 9.17) is 0 Å². The molecule has 0 unspecified atom stereocenters. The minimum Gasteiger partial charge on any atom is -0.350 e. The van der Waals surface area contributed by atoms with Crippen LogP contribution in [-0.4, -0.2) is 69.6 Å². The highest BCUT2D eigenvalue weighted by molar-refractivity contribution is 5.98. The van der Waals surface area contributed by atoms with E-state index in [0.717, 1.165) is 75.6 Å². The van der Waals surface area contributed by atoms with Crippen LogP contribution in [0.25, 0.3) is 0 Å². The molecule has 0 spiro atoms. The fraction of sp³-hybridized carbons (Fsp3) is 0.533. The summed E-state index contributed by atoms with van der Waals surface area (Å²) < 4.78 is 0. The second kappa shape index (κ2) is 14.4. The fourth-order valence-corrected chi connectivity index (χ4v) is 6.30. The van der Waals surface area contributed by atoms with Gasteiger partial charge in [0.05, 0.1) is 9.85 Å². The molecule has 46 heavy (non-hydrogen) atoms. The molecule has 4 aliphatic heterocycles. The third-order valence-electron chi connectivity index (χ3n) is 9.11. The maximum atomic E-state index is 12.9. The first-order valence-electron chi connectivity index (χ1n) is 15.5. The summed E-state index contributed by atoms with van der Waals surface area (Å²) in [6.07, 6.45) is 5.99. The maximum Gasteiger partial charge on any atom is 0.274 e. The van der Waals surface area contributed by atoms with Crippen molar-refractivity contribution in [3.8, 4) is 0 Å². The Kier molecular flexibility index (Phi) is 10.1. The van der Waals surface area contributed by atoms with Crippen molar-refractivity contribution in [2.45, 2.75) is 51.4 Å². The quantitative estimate of drug-likeness (QED) is 0.278. The van der Waals surface area contributed by atoms with Crippen LogP contribution in [0.2, 0.25) is 0 Å². The summed E-state index contributed by atoms with van der Waals surface area (Å²) in [7, 11) is 0. The molecule has 0 saturated heterocycles. The summed E-state index contributed by atoms with van der Waals surface area (Å²) in [6.45, 7) is 1.26. The number of rotatable bonds is 2. The minimum atomic E-state index is -0.664. The molecule has 2 aliphatic carbocycles. The molecule has 6 aliphatic rings. The number of nitrogens with zero attached hydrogens (tertiary/aromatic N) is 4. The van der Waals surface area contributed by atoms with Gasteiger partial charge in [-0.1, -0.05) is 0 Å². The number of aromatic nitrogens is 2. The number of hydrogen-bond acceptors (Lipinski definition) is 10. The molecule has 244 valence electrons. The van der Waals surface area contributed by atoms with Crippen LogP contribution < -0.4 is 21.3 Å². The average Bonchev–Trinajstić information content (AvgIpc) is 3.07. The summed E-state index contributed by atoms with van der Waals surface area (Å²) in [5, 5.41) is 34.3. The van der Waals surface area contributed by atoms with Crippen molar-refractivity contribution >= 4 is 35.0 Å². The SMILES string of the molecule is O=C1NCC2CCC(CC2)CNC(=O)c2cc([N+](=O)[O-])cc(n2)C(=O)NCC2CCC(CC2)CNC(=O)c2cc([N+](=O)[O-])cc1n2. The summed E-state index contributed by atoms with van der Waals surface area (Å²) in [5.74, 6) is -1.91. The Morgan fingerprint density at radius 2 is 0.696 bits per heavy atom. The van der Waals surface area contributed by atoms with Crippen LogP contribution in [0.15, 0.2) is 24.3 Å². The van der Waals surface area contributed by atoms with Crippen molar-refractivity contribution in [3.63, 3.8) is 0 Å². The molecule has 4 N–H and O–H groups in total. The highest BCUT2D eigenvalue weighted by atomic mass is 16.6. The van der Waals surface area contributed by atoms with Crippen LogP contribution in [0.5, 0.6) is 0 Å². The van der Waals surface area contributed by atoms with Gasteiger partial charge in [0.1, 0.15) is 22.8 Å². The molecule has 0 atom stereocenters. The van der Waals surface area contributed by atoms with Crippen molar-refractivity contribution in [1.82, 2.24) is 31.2 Å². The van der Waals surface area contributed by atoms with E-state index in [2.05, 4.69) is 31.2 Å². The first-order valence-corrected chi connectivity index (χ1v) is 15.5. The summed E-state index contributed by atoms with van der Waals surface area (Å²) in [5.41, 5.74) is -1.65. The van der Waals surface area contributed by atoms with Crippen molar-refractivity contribution in [1.29, 1.82) is 0 Å². The van der Waals surface area contributed by atoms with E-state index in [1.54, 1.807) is 0 Å². The normalized spacial score (nSPS) is 24.7. The highest BCUT2D eigenvalue weighted by Crippen LogP contribution is 2.29. The van der Waals surface area contributed by atoms with Crippen molar-refractivity contribution in [2.75, 3.05) is 26.2 Å². The molecule has 16 heteroatoms. The molecule has 2 aromatic heterocycles. The van der Waals surface area contributed by atoms with Crippen LogP contribution >= 0.6 is 0 Å². The van der Waals surface area contributed by atoms with Crippen molar-refractivity contribution < 1.29 is 29.0 Å². The molecule has 0 radical (unpaired) electrons. The van der Waals surface area contributed by atoms with Gasteiger partial charge in [-0.25, -0.2) is 9.97 Å². The molecule has 8 rings (SSSR count). The summed E-state index contributed by atoms with van der Waals surface area (Å²) >= 11 is 0. The predicted octanol–water partition coefficient (Wildman–Crippen LogP) is 2.54. The first-order chi connectivity index (χ1) is 22.0. The van der Waals surface area contributed by atoms with Gasteiger partial charge in [-0.3, -0.25) is 39.4 Å². The molecule has 0 aromatic carbocycles. The number of nitro groups is 2. The van der Waals surface area contributed by atoms with Crippen LogP contribution in [0.1, 0.15) is 93.3 Å². The van der Waals surface area contributed by atoms with Crippen molar-refractivity contribution in [2.24, 2.45) is 23.7 Å². The Hall–Kier alpha value is -5.02. The molecular formula is C30H36N8O8. The van der Waals surface area contributed by atoms with Gasteiger partial charge in [0.15, 0.2) is 0 Å². The number of nitrogens with one attached hydrogen (secondary N) is 4. The molecule has 2 saturated carbocycles. The van der Waals surface area contributed by atoms with Gasteiger partial charge in [0, 0.05) is 50.4 Å². The standard InChI is InChI=1S/C30H36N8O8/c39-27-23-9-21(37(43)44)11-25(35-23)29(41)33-15-19-5-7-20(8-6-19)16-34-30(42)26-12-22(38(45)46)10-24(36-26)28(40)32-14-18-2-1-17(3-4-18)13-31-27/h9-12,17-20H,1-8,13-16H2,(H,31,39)(H,32,40)(H,33,41)(H,34,42). The highest BCUT2D eigenvalue weighted by Gasteiger charge is 2.27. The monoisotopic (exact) mass is 636 g/mol. The van der Waals surface area contributed by atoms with Gasteiger partial charge in [-0.2, -0.15) is 0 Å². The van der Waals surface area contributed by atoms with E-state index in [9.17, 15) is 39.4 Å². The number of carbonyl (C=O) groups excluding carboxylic acids is 4. The Labute approximate surface area is 263 Å². The molecular weight excluding hydrogens is 600 g/mol. The number of amides is 4. The lowest BCUT2D eigenvalue weighted by atomic mass is 9.82. The molecule has 6 heterocycles. The van der Waals surface area contributed by atoms with Crippen LogP contribution in [0.4, 0.5) is 11.4 Å². The van der Waals surface area contributed by atoms with Gasteiger partial charge in [-0.05, 0) is 75.0 Å². The second-order valence-electron chi connectivity index (χ2n) is 12.3. The van der Waals surface area contributed by atoms with Gasteiger partial charge < -0.3 is 21.3 Å². The number of hydrogen-bond donors (Lipinski definition) is 4. The molecule has 16 nitrogen and oxygen atoms in total. The van der Waals surface area contributed by atoms with E-state index < -0.39 is 44.9 Å². The smallest absolute Gasteiger partial charge is 0.274 e. The van der Waals surface area contributed by atoms with Crippen LogP contribution in [0, 0.1) is 43.9 Å². The number of carbonyl (C=O) groups is 4. The van der Waals surface area contributed by atoms with E-state index in [-0.39, 0.29) is 46.4 Å². The summed E-state index contributed by atoms with van der Waals surface area (Å²) in [6, 6.07) is 4.22. The number of pyridine rings is 2. The predicted molar refractivity (Wildman–Crippen MR) is 162 cm³/mol. The Bertz CT molecular complexity index is 1330. The van der Waals surface area contributed by atoms with Crippen LogP contribution in [-0.2, 0) is 0 Å². The third-order valence-corrected chi connectivity index (χ3v) is 9.11. The van der Waals surface area contributed by atoms with E-state index in [0.29, 0.717) is 26.2 Å². The molecule has 8 bridgehead atoms. The zero-order valence-electron chi connectivity index (χ0n) is 25.2. The van der Waals surface area contributed by atoms with E-state index >= 15 is 0 Å². The Morgan fingerprint density at radius 3 is 0.891 bits per heavy atom. The molecule has 4 amide bonds. The zero-order valence-corrected chi connectivity index (χ0v) is 25.2. The first kappa shape index (κ1) is 32.4.